The van der Waals surface area contributed by atoms with Gasteiger partial charge in [0.25, 0.3) is 11.5 Å². The van der Waals surface area contributed by atoms with Crippen molar-refractivity contribution < 1.29 is 14.3 Å². The summed E-state index contributed by atoms with van der Waals surface area (Å²) < 4.78 is 4.96. The van der Waals surface area contributed by atoms with E-state index in [0.717, 1.165) is 5.56 Å². The van der Waals surface area contributed by atoms with Gasteiger partial charge in [-0.3, -0.25) is 19.4 Å². The van der Waals surface area contributed by atoms with Gasteiger partial charge in [0.15, 0.2) is 0 Å². The van der Waals surface area contributed by atoms with E-state index >= 15 is 0 Å². The van der Waals surface area contributed by atoms with Gasteiger partial charge in [-0.2, -0.15) is 5.10 Å². The lowest BCUT2D eigenvalue weighted by molar-refractivity contribution is -0.131. The number of hydrogen-bond donors (Lipinski definition) is 3. The van der Waals surface area contributed by atoms with Gasteiger partial charge < -0.3 is 10.1 Å². The molecular formula is C24H19N5O4. The maximum atomic E-state index is 12.3. The van der Waals surface area contributed by atoms with Gasteiger partial charge in [-0.1, -0.05) is 12.1 Å². The van der Waals surface area contributed by atoms with Crippen LogP contribution in [0.3, 0.4) is 0 Å². The van der Waals surface area contributed by atoms with Crippen LogP contribution in [0, 0.1) is 0 Å². The molecule has 9 nitrogen and oxygen atoms in total. The molecule has 0 saturated heterocycles. The summed E-state index contributed by atoms with van der Waals surface area (Å²) in [5.41, 5.74) is 4.58. The highest BCUT2D eigenvalue weighted by Crippen LogP contribution is 2.15. The molecule has 164 valence electrons. The Morgan fingerprint density at radius 3 is 2.45 bits per heavy atom. The lowest BCUT2D eigenvalue weighted by Gasteiger charge is -2.07. The van der Waals surface area contributed by atoms with Crippen molar-refractivity contribution in [2.75, 3.05) is 5.32 Å². The van der Waals surface area contributed by atoms with E-state index in [1.54, 1.807) is 66.7 Å². The minimum Gasteiger partial charge on any atom is -0.427 e. The van der Waals surface area contributed by atoms with Crippen LogP contribution in [-0.4, -0.2) is 28.1 Å². The van der Waals surface area contributed by atoms with Crippen LogP contribution in [0.25, 0.3) is 10.9 Å². The normalized spacial score (nSPS) is 10.8. The maximum absolute atomic E-state index is 12.3. The van der Waals surface area contributed by atoms with Crippen LogP contribution >= 0.6 is 0 Å². The number of carbonyl (C=O) groups is 2. The van der Waals surface area contributed by atoms with Crippen molar-refractivity contribution in [2.24, 2.45) is 5.10 Å². The van der Waals surface area contributed by atoms with E-state index in [9.17, 15) is 14.4 Å². The monoisotopic (exact) mass is 441 g/mol. The molecule has 1 aromatic heterocycles. The van der Waals surface area contributed by atoms with E-state index in [1.165, 1.54) is 13.1 Å². The standard InChI is InChI=1S/C24H19N5O4/c1-15(30)33-19-12-6-16(7-13-19)14-25-29-22(31)17-8-10-18(11-9-17)26-24-27-21-5-3-2-4-20(21)23(32)28-24/h2-14H,1H3,(H,29,31)(H2,26,27,28,32)/b25-14-. The fraction of sp³-hybridized carbons (Fsp3) is 0.0417. The number of hydrogen-bond acceptors (Lipinski definition) is 7. The van der Waals surface area contributed by atoms with Gasteiger partial charge in [0.1, 0.15) is 5.75 Å². The second-order valence-electron chi connectivity index (χ2n) is 7.00. The molecule has 3 aromatic carbocycles. The van der Waals surface area contributed by atoms with Crippen LogP contribution in [0.1, 0.15) is 22.8 Å². The van der Waals surface area contributed by atoms with Crippen LogP contribution < -0.4 is 21.0 Å². The number of fused-ring (bicyclic) bond motifs is 1. The Bertz CT molecular complexity index is 1390. The van der Waals surface area contributed by atoms with Crippen molar-refractivity contribution in [2.45, 2.75) is 6.92 Å². The average molecular weight is 441 g/mol. The van der Waals surface area contributed by atoms with Crippen molar-refractivity contribution in [3.8, 4) is 5.75 Å². The summed E-state index contributed by atoms with van der Waals surface area (Å²) in [6.07, 6.45) is 1.48. The second kappa shape index (κ2) is 9.56. The summed E-state index contributed by atoms with van der Waals surface area (Å²) in [6, 6.07) is 20.4. The minimum absolute atomic E-state index is 0.238. The molecule has 0 unspecified atom stereocenters. The number of para-hydroxylation sites is 1. The maximum Gasteiger partial charge on any atom is 0.308 e. The summed E-state index contributed by atoms with van der Waals surface area (Å²) >= 11 is 0. The SMILES string of the molecule is CC(=O)Oc1ccc(/C=N\NC(=O)c2ccc(Nc3nc4ccccc4c(=O)[nH]3)cc2)cc1. The lowest BCUT2D eigenvalue weighted by atomic mass is 10.2. The Labute approximate surface area is 188 Å². The first kappa shape index (κ1) is 21.4. The number of aromatic nitrogens is 2. The topological polar surface area (TPSA) is 126 Å². The lowest BCUT2D eigenvalue weighted by Crippen LogP contribution is -2.17. The van der Waals surface area contributed by atoms with Gasteiger partial charge >= 0.3 is 5.97 Å². The quantitative estimate of drug-likeness (QED) is 0.182. The Morgan fingerprint density at radius 1 is 1.00 bits per heavy atom. The fourth-order valence-corrected chi connectivity index (χ4v) is 3.01. The van der Waals surface area contributed by atoms with Crippen molar-refractivity contribution in [3.05, 3.63) is 94.3 Å². The molecule has 0 atom stereocenters. The molecule has 0 radical (unpaired) electrons. The number of hydrazone groups is 1. The first-order valence-corrected chi connectivity index (χ1v) is 9.96. The van der Waals surface area contributed by atoms with Gasteiger partial charge in [0.2, 0.25) is 5.95 Å². The molecule has 0 saturated carbocycles. The molecule has 33 heavy (non-hydrogen) atoms. The van der Waals surface area contributed by atoms with Crippen molar-refractivity contribution in [3.63, 3.8) is 0 Å². The number of carbonyl (C=O) groups excluding carboxylic acids is 2. The largest absolute Gasteiger partial charge is 0.427 e. The molecule has 0 fully saturated rings. The summed E-state index contributed by atoms with van der Waals surface area (Å²) in [5, 5.41) is 7.47. The zero-order valence-corrected chi connectivity index (χ0v) is 17.5. The molecule has 4 rings (SSSR count). The molecular weight excluding hydrogens is 422 g/mol. The number of H-pyrrole nitrogens is 1. The minimum atomic E-state index is -0.397. The number of nitrogens with zero attached hydrogens (tertiary/aromatic N) is 2. The molecule has 1 amide bonds. The van der Waals surface area contributed by atoms with E-state index in [-0.39, 0.29) is 11.5 Å². The molecule has 0 aliphatic heterocycles. The van der Waals surface area contributed by atoms with E-state index in [1.807, 2.05) is 6.07 Å². The fourth-order valence-electron chi connectivity index (χ4n) is 3.01. The van der Waals surface area contributed by atoms with Gasteiger partial charge in [0, 0.05) is 18.2 Å². The summed E-state index contributed by atoms with van der Waals surface area (Å²) in [6.45, 7) is 1.33. The van der Waals surface area contributed by atoms with E-state index in [4.69, 9.17) is 4.74 Å². The number of benzene rings is 3. The Morgan fingerprint density at radius 2 is 1.73 bits per heavy atom. The summed E-state index contributed by atoms with van der Waals surface area (Å²) in [5.74, 6) is -0.0427. The van der Waals surface area contributed by atoms with Gasteiger partial charge in [-0.15, -0.1) is 0 Å². The van der Waals surface area contributed by atoms with Crippen LogP contribution in [0.5, 0.6) is 5.75 Å². The zero-order chi connectivity index (χ0) is 23.2. The molecule has 0 bridgehead atoms. The number of amides is 1. The molecule has 4 aromatic rings. The van der Waals surface area contributed by atoms with Gasteiger partial charge in [-0.25, -0.2) is 10.4 Å². The van der Waals surface area contributed by atoms with Crippen molar-refractivity contribution >= 4 is 40.6 Å². The summed E-state index contributed by atoms with van der Waals surface area (Å²) in [7, 11) is 0. The highest BCUT2D eigenvalue weighted by molar-refractivity contribution is 5.95. The van der Waals surface area contributed by atoms with E-state index < -0.39 is 5.97 Å². The third kappa shape index (κ3) is 5.47. The molecule has 1 heterocycles. The number of anilines is 2. The third-order valence-corrected chi connectivity index (χ3v) is 4.54. The zero-order valence-electron chi connectivity index (χ0n) is 17.5. The highest BCUT2D eigenvalue weighted by Gasteiger charge is 2.06. The average Bonchev–Trinajstić information content (AvgIpc) is 2.80. The number of ether oxygens (including phenoxy) is 1. The van der Waals surface area contributed by atoms with Crippen LogP contribution in [0.4, 0.5) is 11.6 Å². The van der Waals surface area contributed by atoms with E-state index in [2.05, 4.69) is 25.8 Å². The van der Waals surface area contributed by atoms with Crippen molar-refractivity contribution in [1.29, 1.82) is 0 Å². The van der Waals surface area contributed by atoms with Crippen LogP contribution in [0.15, 0.2) is 82.7 Å². The number of esters is 1. The molecule has 9 heteroatoms. The number of aromatic amines is 1. The number of nitrogens with one attached hydrogen (secondary N) is 3. The molecule has 0 aliphatic rings. The van der Waals surface area contributed by atoms with Gasteiger partial charge in [0.05, 0.1) is 17.1 Å². The van der Waals surface area contributed by atoms with Gasteiger partial charge in [-0.05, 0) is 66.2 Å². The molecule has 3 N–H and O–H groups in total. The third-order valence-electron chi connectivity index (χ3n) is 4.54. The van der Waals surface area contributed by atoms with Crippen LogP contribution in [0.2, 0.25) is 0 Å². The second-order valence-corrected chi connectivity index (χ2v) is 7.00. The Kier molecular flexibility index (Phi) is 6.21. The number of rotatable bonds is 6. The smallest absolute Gasteiger partial charge is 0.308 e. The predicted molar refractivity (Wildman–Crippen MR) is 125 cm³/mol. The van der Waals surface area contributed by atoms with E-state index in [0.29, 0.717) is 33.9 Å². The Balaban J connectivity index is 1.37. The molecule has 0 spiro atoms. The highest BCUT2D eigenvalue weighted by atomic mass is 16.5. The van der Waals surface area contributed by atoms with Crippen molar-refractivity contribution in [1.82, 2.24) is 15.4 Å². The first-order chi connectivity index (χ1) is 16.0. The van der Waals surface area contributed by atoms with Crippen LogP contribution in [-0.2, 0) is 4.79 Å². The molecule has 0 aliphatic carbocycles. The first-order valence-electron chi connectivity index (χ1n) is 9.96. The predicted octanol–water partition coefficient (Wildman–Crippen LogP) is 3.36. The summed E-state index contributed by atoms with van der Waals surface area (Å²) in [4.78, 5) is 42.5. The Hall–Kier alpha value is -4.79.